The van der Waals surface area contributed by atoms with E-state index >= 15 is 0 Å². The summed E-state index contributed by atoms with van der Waals surface area (Å²) in [5.74, 6) is -0.517. The molecule has 0 saturated carbocycles. The van der Waals surface area contributed by atoms with Crippen molar-refractivity contribution >= 4 is 23.5 Å². The number of hydrogen-bond donors (Lipinski definition) is 1. The minimum Gasteiger partial charge on any atom is -0.476 e. The van der Waals surface area contributed by atoms with Gasteiger partial charge in [-0.2, -0.15) is 13.2 Å². The molecule has 1 heterocycles. The monoisotopic (exact) mass is 534 g/mol. The summed E-state index contributed by atoms with van der Waals surface area (Å²) in [6.45, 7) is 6.89. The largest absolute Gasteiger partial charge is 0.476 e. The second kappa shape index (κ2) is 11.2. The van der Waals surface area contributed by atoms with E-state index in [2.05, 4.69) is 10.3 Å². The highest BCUT2D eigenvalue weighted by Gasteiger charge is 2.32. The molecule has 1 aromatic heterocycles. The van der Waals surface area contributed by atoms with Crippen molar-refractivity contribution in [2.75, 3.05) is 6.61 Å². The first-order chi connectivity index (χ1) is 17.3. The third kappa shape index (κ3) is 7.01. The summed E-state index contributed by atoms with van der Waals surface area (Å²) >= 11 is 6.36. The fourth-order valence-corrected chi connectivity index (χ4v) is 3.68. The SMILES string of the molecule is CCOC(=O)C(C)(C)Oc1ccc(CNC(=O)c2ccc(-c3ccc(C(F)(F)F)cc3)nc2C)c(Cl)c1. The first-order valence-corrected chi connectivity index (χ1v) is 11.8. The first-order valence-electron chi connectivity index (χ1n) is 11.4. The maximum absolute atomic E-state index is 12.8. The molecule has 0 unspecified atom stereocenters. The number of aryl methyl sites for hydroxylation is 1. The minimum absolute atomic E-state index is 0.124. The van der Waals surface area contributed by atoms with Gasteiger partial charge in [0.15, 0.2) is 5.60 Å². The maximum atomic E-state index is 12.8. The molecule has 2 aromatic carbocycles. The summed E-state index contributed by atoms with van der Waals surface area (Å²) in [7, 11) is 0. The standard InChI is InChI=1S/C27H26ClF3N2O4/c1-5-36-25(35)26(3,4)37-20-11-8-18(22(28)14-20)15-32-24(34)21-12-13-23(33-16(21)2)17-6-9-19(10-7-17)27(29,30)31/h6-14H,5,15H2,1-4H3,(H,32,34). The van der Waals surface area contributed by atoms with Crippen molar-refractivity contribution in [3.05, 3.63) is 82.0 Å². The maximum Gasteiger partial charge on any atom is 0.416 e. The van der Waals surface area contributed by atoms with Crippen LogP contribution in [0.5, 0.6) is 5.75 Å². The Morgan fingerprint density at radius 2 is 1.70 bits per heavy atom. The summed E-state index contributed by atoms with van der Waals surface area (Å²) < 4.78 is 49.1. The first kappa shape index (κ1) is 28.0. The average Bonchev–Trinajstić information content (AvgIpc) is 2.82. The van der Waals surface area contributed by atoms with E-state index in [1.165, 1.54) is 12.1 Å². The highest BCUT2D eigenvalue weighted by molar-refractivity contribution is 6.31. The summed E-state index contributed by atoms with van der Waals surface area (Å²) in [6.07, 6.45) is -4.42. The molecule has 0 radical (unpaired) electrons. The van der Waals surface area contributed by atoms with Gasteiger partial charge in [-0.3, -0.25) is 9.78 Å². The van der Waals surface area contributed by atoms with E-state index in [1.807, 2.05) is 0 Å². The van der Waals surface area contributed by atoms with Gasteiger partial charge in [-0.15, -0.1) is 0 Å². The van der Waals surface area contributed by atoms with Crippen molar-refractivity contribution in [3.63, 3.8) is 0 Å². The lowest BCUT2D eigenvalue weighted by molar-refractivity contribution is -0.158. The Balaban J connectivity index is 1.66. The number of hydrogen-bond acceptors (Lipinski definition) is 5. The van der Waals surface area contributed by atoms with Gasteiger partial charge in [0, 0.05) is 17.1 Å². The van der Waals surface area contributed by atoms with Crippen LogP contribution in [0, 0.1) is 6.92 Å². The van der Waals surface area contributed by atoms with Crippen molar-refractivity contribution < 1.29 is 32.2 Å². The summed E-state index contributed by atoms with van der Waals surface area (Å²) in [6, 6.07) is 12.7. The third-order valence-electron chi connectivity index (χ3n) is 5.44. The van der Waals surface area contributed by atoms with Gasteiger partial charge in [0.1, 0.15) is 5.75 Å². The van der Waals surface area contributed by atoms with Crippen LogP contribution >= 0.6 is 11.6 Å². The number of ether oxygens (including phenoxy) is 2. The van der Waals surface area contributed by atoms with Gasteiger partial charge in [0.05, 0.1) is 29.1 Å². The highest BCUT2D eigenvalue weighted by Crippen LogP contribution is 2.31. The van der Waals surface area contributed by atoms with Gasteiger partial charge < -0.3 is 14.8 Å². The van der Waals surface area contributed by atoms with Crippen LogP contribution in [-0.4, -0.2) is 29.1 Å². The Kier molecular flexibility index (Phi) is 8.48. The van der Waals surface area contributed by atoms with Crippen molar-refractivity contribution in [3.8, 4) is 17.0 Å². The predicted octanol–water partition coefficient (Wildman–Crippen LogP) is 6.38. The predicted molar refractivity (Wildman–Crippen MR) is 133 cm³/mol. The molecule has 0 saturated heterocycles. The zero-order chi connectivity index (χ0) is 27.4. The molecule has 3 rings (SSSR count). The topological polar surface area (TPSA) is 77.5 Å². The van der Waals surface area contributed by atoms with Gasteiger partial charge in [0.25, 0.3) is 5.91 Å². The lowest BCUT2D eigenvalue weighted by Crippen LogP contribution is -2.39. The van der Waals surface area contributed by atoms with Gasteiger partial charge in [-0.25, -0.2) is 4.79 Å². The lowest BCUT2D eigenvalue weighted by Gasteiger charge is -2.24. The number of aromatic nitrogens is 1. The molecular formula is C27H26ClF3N2O4. The van der Waals surface area contributed by atoms with Gasteiger partial charge >= 0.3 is 12.1 Å². The van der Waals surface area contributed by atoms with E-state index in [0.29, 0.717) is 38.9 Å². The van der Waals surface area contributed by atoms with E-state index in [1.54, 1.807) is 58.0 Å². The number of esters is 1. The van der Waals surface area contributed by atoms with Gasteiger partial charge in [-0.1, -0.05) is 29.8 Å². The zero-order valence-electron chi connectivity index (χ0n) is 20.7. The molecule has 0 fully saturated rings. The van der Waals surface area contributed by atoms with Crippen LogP contribution in [0.1, 0.15) is 48.0 Å². The molecule has 196 valence electrons. The van der Waals surface area contributed by atoms with Crippen molar-refractivity contribution in [2.24, 2.45) is 0 Å². The molecule has 1 amide bonds. The van der Waals surface area contributed by atoms with Gasteiger partial charge in [-0.05, 0) is 69.7 Å². The summed E-state index contributed by atoms with van der Waals surface area (Å²) in [4.78, 5) is 29.2. The number of benzene rings is 2. The molecule has 0 bridgehead atoms. The van der Waals surface area contributed by atoms with E-state index in [9.17, 15) is 22.8 Å². The van der Waals surface area contributed by atoms with E-state index in [-0.39, 0.29) is 19.1 Å². The van der Waals surface area contributed by atoms with Crippen molar-refractivity contribution in [1.29, 1.82) is 0 Å². The Bertz CT molecular complexity index is 1290. The van der Waals surface area contributed by atoms with Crippen molar-refractivity contribution in [2.45, 2.75) is 46.0 Å². The van der Waals surface area contributed by atoms with Crippen LogP contribution in [0.15, 0.2) is 54.6 Å². The van der Waals surface area contributed by atoms with Crippen LogP contribution in [0.3, 0.4) is 0 Å². The molecule has 0 spiro atoms. The second-order valence-corrected chi connectivity index (χ2v) is 9.08. The molecule has 0 aliphatic rings. The number of carbonyl (C=O) groups is 2. The fraction of sp³-hybridized carbons (Fsp3) is 0.296. The van der Waals surface area contributed by atoms with Crippen LogP contribution in [0.4, 0.5) is 13.2 Å². The smallest absolute Gasteiger partial charge is 0.416 e. The number of alkyl halides is 3. The number of nitrogens with zero attached hydrogens (tertiary/aromatic N) is 1. The third-order valence-corrected chi connectivity index (χ3v) is 5.79. The molecule has 6 nitrogen and oxygen atoms in total. The molecule has 37 heavy (non-hydrogen) atoms. The number of halogens is 4. The number of pyridine rings is 1. The molecule has 10 heteroatoms. The molecule has 0 aliphatic heterocycles. The molecule has 1 N–H and O–H groups in total. The Morgan fingerprint density at radius 3 is 2.27 bits per heavy atom. The second-order valence-electron chi connectivity index (χ2n) is 8.67. The Hall–Kier alpha value is -3.59. The van der Waals surface area contributed by atoms with E-state index in [4.69, 9.17) is 21.1 Å². The quantitative estimate of drug-likeness (QED) is 0.339. The van der Waals surface area contributed by atoms with Crippen LogP contribution in [0.2, 0.25) is 5.02 Å². The van der Waals surface area contributed by atoms with Gasteiger partial charge in [0.2, 0.25) is 0 Å². The summed E-state index contributed by atoms with van der Waals surface area (Å²) in [5.41, 5.74) is 0.379. The molecule has 0 aliphatic carbocycles. The Labute approximate surface area is 217 Å². The van der Waals surface area contributed by atoms with E-state index < -0.39 is 23.3 Å². The van der Waals surface area contributed by atoms with Crippen LogP contribution in [-0.2, 0) is 22.3 Å². The highest BCUT2D eigenvalue weighted by atomic mass is 35.5. The number of amides is 1. The minimum atomic E-state index is -4.42. The molecule has 3 aromatic rings. The molecule has 0 atom stereocenters. The number of rotatable bonds is 8. The molecular weight excluding hydrogens is 509 g/mol. The van der Waals surface area contributed by atoms with E-state index in [0.717, 1.165) is 12.1 Å². The fourth-order valence-electron chi connectivity index (χ4n) is 3.44. The average molecular weight is 535 g/mol. The van der Waals surface area contributed by atoms with Crippen molar-refractivity contribution in [1.82, 2.24) is 10.3 Å². The Morgan fingerprint density at radius 1 is 1.03 bits per heavy atom. The van der Waals surface area contributed by atoms with Crippen LogP contribution in [0.25, 0.3) is 11.3 Å². The zero-order valence-corrected chi connectivity index (χ0v) is 21.5. The number of carbonyl (C=O) groups excluding carboxylic acids is 2. The summed E-state index contributed by atoms with van der Waals surface area (Å²) in [5, 5.41) is 3.12. The lowest BCUT2D eigenvalue weighted by atomic mass is 10.1. The number of nitrogens with one attached hydrogen (secondary N) is 1. The normalized spacial score (nSPS) is 11.7. The van der Waals surface area contributed by atoms with Crippen LogP contribution < -0.4 is 10.1 Å².